The van der Waals surface area contributed by atoms with E-state index in [-0.39, 0.29) is 11.9 Å². The van der Waals surface area contributed by atoms with E-state index < -0.39 is 0 Å². The van der Waals surface area contributed by atoms with Crippen LogP contribution in [0, 0.1) is 5.82 Å². The predicted molar refractivity (Wildman–Crippen MR) is 91.3 cm³/mol. The molecule has 120 valence electrons. The van der Waals surface area contributed by atoms with E-state index in [0.29, 0.717) is 17.5 Å². The van der Waals surface area contributed by atoms with Gasteiger partial charge in [0.05, 0.1) is 6.20 Å². The molecule has 0 aliphatic carbocycles. The number of fused-ring (bicyclic) bond motifs is 1. The third-order valence-electron chi connectivity index (χ3n) is 4.07. The second-order valence-corrected chi connectivity index (χ2v) is 5.83. The monoisotopic (exact) mass is 321 g/mol. The zero-order valence-corrected chi connectivity index (χ0v) is 13.1. The Bertz CT molecular complexity index is 883. The summed E-state index contributed by atoms with van der Waals surface area (Å²) in [5.41, 5.74) is 3.00. The van der Waals surface area contributed by atoms with E-state index in [9.17, 15) is 4.39 Å². The largest absolute Gasteiger partial charge is 0.339 e. The summed E-state index contributed by atoms with van der Waals surface area (Å²) in [6.07, 6.45) is 2.47. The first kappa shape index (κ1) is 14.6. The number of nitrogens with zero attached hydrogens (tertiary/aromatic N) is 4. The number of hydrogen-bond acceptors (Lipinski definition) is 5. The van der Waals surface area contributed by atoms with Crippen LogP contribution in [0.5, 0.6) is 0 Å². The van der Waals surface area contributed by atoms with Crippen LogP contribution in [0.25, 0.3) is 0 Å². The molecule has 5 nitrogen and oxygen atoms in total. The quantitative estimate of drug-likeness (QED) is 0.794. The summed E-state index contributed by atoms with van der Waals surface area (Å²) in [6, 6.07) is 14.7. The average Bonchev–Trinajstić information content (AvgIpc) is 2.91. The first-order valence-corrected chi connectivity index (χ1v) is 7.80. The molecule has 2 aromatic carbocycles. The van der Waals surface area contributed by atoms with Gasteiger partial charge in [-0.15, -0.1) is 5.10 Å². The van der Waals surface area contributed by atoms with Crippen molar-refractivity contribution in [1.82, 2.24) is 15.2 Å². The molecule has 6 heteroatoms. The maximum atomic E-state index is 13.3. The number of benzene rings is 2. The van der Waals surface area contributed by atoms with Gasteiger partial charge in [-0.2, -0.15) is 10.1 Å². The summed E-state index contributed by atoms with van der Waals surface area (Å²) in [6.45, 7) is 2.13. The standard InChI is InChI=1S/C18H16FN5/c1-12-9-13-5-2-3-8-16(13)24(12)18-22-17(11-20-23-18)21-15-7-4-6-14(19)10-15/h2-8,10-12H,9H2,1H3,(H,21,22,23). The molecule has 0 saturated heterocycles. The van der Waals surface area contributed by atoms with Gasteiger partial charge >= 0.3 is 0 Å². The molecular formula is C18H16FN5. The van der Waals surface area contributed by atoms with Gasteiger partial charge in [0, 0.05) is 17.4 Å². The van der Waals surface area contributed by atoms with Gasteiger partial charge in [-0.1, -0.05) is 24.3 Å². The Kier molecular flexibility index (Phi) is 3.57. The first-order chi connectivity index (χ1) is 11.7. The minimum atomic E-state index is -0.302. The number of hydrogen-bond donors (Lipinski definition) is 1. The first-order valence-electron chi connectivity index (χ1n) is 7.80. The van der Waals surface area contributed by atoms with Gasteiger partial charge in [-0.3, -0.25) is 0 Å². The molecule has 0 fully saturated rings. The van der Waals surface area contributed by atoms with Crippen molar-refractivity contribution < 1.29 is 4.39 Å². The number of aromatic nitrogens is 3. The van der Waals surface area contributed by atoms with Crippen LogP contribution in [0.1, 0.15) is 12.5 Å². The normalized spacial score (nSPS) is 16.1. The lowest BCUT2D eigenvalue weighted by molar-refractivity contribution is 0.628. The van der Waals surface area contributed by atoms with Gasteiger partial charge in [0.25, 0.3) is 5.95 Å². The van der Waals surface area contributed by atoms with Crippen LogP contribution in [-0.2, 0) is 6.42 Å². The second kappa shape index (κ2) is 5.88. The van der Waals surface area contributed by atoms with Crippen molar-refractivity contribution >= 4 is 23.1 Å². The third kappa shape index (κ3) is 2.67. The molecule has 0 radical (unpaired) electrons. The van der Waals surface area contributed by atoms with Crippen molar-refractivity contribution in [3.63, 3.8) is 0 Å². The average molecular weight is 321 g/mol. The Morgan fingerprint density at radius 1 is 1.17 bits per heavy atom. The van der Waals surface area contributed by atoms with Gasteiger partial charge < -0.3 is 10.2 Å². The highest BCUT2D eigenvalue weighted by molar-refractivity contribution is 5.67. The molecule has 1 atom stereocenters. The lowest BCUT2D eigenvalue weighted by atomic mass is 10.1. The topological polar surface area (TPSA) is 53.9 Å². The van der Waals surface area contributed by atoms with Crippen LogP contribution in [0.2, 0.25) is 0 Å². The highest BCUT2D eigenvalue weighted by Gasteiger charge is 2.29. The Labute approximate surface area is 139 Å². The fourth-order valence-corrected chi connectivity index (χ4v) is 3.04. The molecular weight excluding hydrogens is 305 g/mol. The van der Waals surface area contributed by atoms with E-state index in [0.717, 1.165) is 12.1 Å². The summed E-state index contributed by atoms with van der Waals surface area (Å²) >= 11 is 0. The van der Waals surface area contributed by atoms with Crippen molar-refractivity contribution in [2.45, 2.75) is 19.4 Å². The summed E-state index contributed by atoms with van der Waals surface area (Å²) in [5, 5.41) is 11.3. The van der Waals surface area contributed by atoms with Crippen LogP contribution in [0.4, 0.5) is 27.5 Å². The molecule has 1 N–H and O–H groups in total. The maximum Gasteiger partial charge on any atom is 0.252 e. The summed E-state index contributed by atoms with van der Waals surface area (Å²) < 4.78 is 13.3. The van der Waals surface area contributed by atoms with Gasteiger partial charge in [-0.05, 0) is 43.2 Å². The molecule has 0 spiro atoms. The van der Waals surface area contributed by atoms with Crippen LogP contribution in [-0.4, -0.2) is 21.2 Å². The van der Waals surface area contributed by atoms with Crippen molar-refractivity contribution in [2.75, 3.05) is 10.2 Å². The van der Waals surface area contributed by atoms with Gasteiger partial charge in [-0.25, -0.2) is 4.39 Å². The second-order valence-electron chi connectivity index (χ2n) is 5.83. The molecule has 0 bridgehead atoms. The number of nitrogens with one attached hydrogen (secondary N) is 1. The van der Waals surface area contributed by atoms with Crippen LogP contribution in [0.3, 0.4) is 0 Å². The third-order valence-corrected chi connectivity index (χ3v) is 4.07. The fraction of sp³-hybridized carbons (Fsp3) is 0.167. The Balaban J connectivity index is 1.66. The number of halogens is 1. The van der Waals surface area contributed by atoms with E-state index in [1.165, 1.54) is 23.9 Å². The van der Waals surface area contributed by atoms with E-state index in [2.05, 4.69) is 44.5 Å². The zero-order valence-electron chi connectivity index (χ0n) is 13.1. The van der Waals surface area contributed by atoms with Crippen molar-refractivity contribution in [3.8, 4) is 0 Å². The Morgan fingerprint density at radius 3 is 2.92 bits per heavy atom. The van der Waals surface area contributed by atoms with E-state index in [4.69, 9.17) is 0 Å². The van der Waals surface area contributed by atoms with Crippen LogP contribution >= 0.6 is 0 Å². The maximum absolute atomic E-state index is 13.3. The highest BCUT2D eigenvalue weighted by atomic mass is 19.1. The molecule has 4 rings (SSSR count). The van der Waals surface area contributed by atoms with Crippen LogP contribution < -0.4 is 10.2 Å². The molecule has 0 amide bonds. The molecule has 1 unspecified atom stereocenters. The van der Waals surface area contributed by atoms with Crippen molar-refractivity contribution in [1.29, 1.82) is 0 Å². The Morgan fingerprint density at radius 2 is 2.04 bits per heavy atom. The summed E-state index contributed by atoms with van der Waals surface area (Å²) in [7, 11) is 0. The number of para-hydroxylation sites is 1. The minimum Gasteiger partial charge on any atom is -0.339 e. The lowest BCUT2D eigenvalue weighted by Crippen LogP contribution is -2.26. The fourth-order valence-electron chi connectivity index (χ4n) is 3.04. The minimum absolute atomic E-state index is 0.258. The molecule has 0 saturated carbocycles. The van der Waals surface area contributed by atoms with Gasteiger partial charge in [0.2, 0.25) is 0 Å². The summed E-state index contributed by atoms with van der Waals surface area (Å²) in [4.78, 5) is 6.63. The summed E-state index contributed by atoms with van der Waals surface area (Å²) in [5.74, 6) is 0.764. The van der Waals surface area contributed by atoms with E-state index in [1.807, 2.05) is 12.1 Å². The lowest BCUT2D eigenvalue weighted by Gasteiger charge is -2.22. The van der Waals surface area contributed by atoms with Crippen LogP contribution in [0.15, 0.2) is 54.7 Å². The predicted octanol–water partition coefficient (Wildman–Crippen LogP) is 3.84. The highest BCUT2D eigenvalue weighted by Crippen LogP contribution is 2.36. The number of anilines is 4. The Hall–Kier alpha value is -3.02. The SMILES string of the molecule is CC1Cc2ccccc2N1c1nncc(Nc2cccc(F)c2)n1. The number of rotatable bonds is 3. The van der Waals surface area contributed by atoms with E-state index in [1.54, 1.807) is 12.1 Å². The molecule has 1 aliphatic heterocycles. The molecule has 1 aliphatic rings. The van der Waals surface area contributed by atoms with Gasteiger partial charge in [0.15, 0.2) is 5.82 Å². The molecule has 1 aromatic heterocycles. The molecule has 2 heterocycles. The van der Waals surface area contributed by atoms with Gasteiger partial charge in [0.1, 0.15) is 5.82 Å². The zero-order chi connectivity index (χ0) is 16.5. The smallest absolute Gasteiger partial charge is 0.252 e. The van der Waals surface area contributed by atoms with E-state index >= 15 is 0 Å². The van der Waals surface area contributed by atoms with Crippen molar-refractivity contribution in [2.24, 2.45) is 0 Å². The molecule has 24 heavy (non-hydrogen) atoms. The molecule has 3 aromatic rings. The van der Waals surface area contributed by atoms with Crippen molar-refractivity contribution in [3.05, 3.63) is 66.1 Å².